The van der Waals surface area contributed by atoms with Crippen molar-refractivity contribution in [3.8, 4) is 0 Å². The van der Waals surface area contributed by atoms with Crippen LogP contribution in [0.25, 0.3) is 0 Å². The van der Waals surface area contributed by atoms with Crippen molar-refractivity contribution in [1.82, 2.24) is 21.3 Å². The minimum atomic E-state index is -2.08. The molecule has 0 aliphatic rings. The van der Waals surface area contributed by atoms with Gasteiger partial charge in [-0.2, -0.15) is 0 Å². The van der Waals surface area contributed by atoms with Crippen LogP contribution in [0.2, 0.25) is 0 Å². The molecule has 0 saturated heterocycles. The summed E-state index contributed by atoms with van der Waals surface area (Å²) < 4.78 is 0. The second kappa shape index (κ2) is 11.1. The van der Waals surface area contributed by atoms with Gasteiger partial charge >= 0.3 is 137 Å². The summed E-state index contributed by atoms with van der Waals surface area (Å²) in [6, 6.07) is 2.25. The van der Waals surface area contributed by atoms with Crippen LogP contribution in [0.3, 0.4) is 0 Å². The molecule has 0 fully saturated rings. The van der Waals surface area contributed by atoms with Crippen molar-refractivity contribution in [2.75, 3.05) is 19.4 Å². The van der Waals surface area contributed by atoms with Gasteiger partial charge in [0.2, 0.25) is 0 Å². The third-order valence-corrected chi connectivity index (χ3v) is 9.50. The first-order valence-corrected chi connectivity index (χ1v) is 13.0. The fraction of sp³-hybridized carbons (Fsp3) is 1.00. The van der Waals surface area contributed by atoms with Gasteiger partial charge in [0.05, 0.1) is 0 Å². The Bertz CT molecular complexity index is 201. The Kier molecular flexibility index (Phi) is 11.4. The van der Waals surface area contributed by atoms with E-state index in [0.29, 0.717) is 24.2 Å². The summed E-state index contributed by atoms with van der Waals surface area (Å²) in [6.45, 7) is 18.0. The number of hydrogen-bond donors (Lipinski definition) is 4. The third kappa shape index (κ3) is 11.7. The standard InChI is InChI=1S/4C4H10N.Ti/c4*1-4(2)5-3;/h4*4-5H,3H2,1-2H3;. The van der Waals surface area contributed by atoms with Crippen LogP contribution in [-0.4, -0.2) is 43.6 Å². The Morgan fingerprint density at radius 3 is 0.810 bits per heavy atom. The molecule has 0 aliphatic carbocycles. The van der Waals surface area contributed by atoms with Crippen molar-refractivity contribution in [2.24, 2.45) is 0 Å². The molecular formula is C16H40N4Ti. The molecule has 5 heteroatoms. The second-order valence-corrected chi connectivity index (χ2v) is 14.5. The van der Waals surface area contributed by atoms with E-state index in [1.54, 1.807) is 0 Å². The summed E-state index contributed by atoms with van der Waals surface area (Å²) in [5, 5.41) is 14.9. The normalized spacial score (nSPS) is 13.1. The zero-order valence-electron chi connectivity index (χ0n) is 15.6. The molecule has 0 aliphatic heterocycles. The van der Waals surface area contributed by atoms with E-state index in [1.165, 1.54) is 19.4 Å². The Labute approximate surface area is 137 Å². The van der Waals surface area contributed by atoms with E-state index in [1.807, 2.05) is 0 Å². The van der Waals surface area contributed by atoms with Gasteiger partial charge in [0, 0.05) is 0 Å². The summed E-state index contributed by atoms with van der Waals surface area (Å²) in [5.41, 5.74) is 0. The van der Waals surface area contributed by atoms with Gasteiger partial charge in [0.25, 0.3) is 0 Å². The van der Waals surface area contributed by atoms with Gasteiger partial charge < -0.3 is 0 Å². The minimum absolute atomic E-state index is 0.562. The van der Waals surface area contributed by atoms with E-state index >= 15 is 0 Å². The van der Waals surface area contributed by atoms with Crippen molar-refractivity contribution < 1.29 is 16.6 Å². The molecule has 0 saturated carbocycles. The van der Waals surface area contributed by atoms with Crippen LogP contribution in [0.5, 0.6) is 0 Å². The van der Waals surface area contributed by atoms with E-state index in [9.17, 15) is 0 Å². The molecule has 4 N–H and O–H groups in total. The monoisotopic (exact) mass is 336 g/mol. The summed E-state index contributed by atoms with van der Waals surface area (Å²) >= 11 is -2.08. The molecule has 0 bridgehead atoms. The summed E-state index contributed by atoms with van der Waals surface area (Å²) in [6.07, 6.45) is 0. The fourth-order valence-corrected chi connectivity index (χ4v) is 8.48. The third-order valence-electron chi connectivity index (χ3n) is 3.54. The molecule has 0 amide bonds. The zero-order chi connectivity index (χ0) is 16.5. The van der Waals surface area contributed by atoms with Crippen molar-refractivity contribution >= 4 is 0 Å². The molecule has 0 heterocycles. The number of rotatable bonds is 12. The Morgan fingerprint density at radius 2 is 0.667 bits per heavy atom. The van der Waals surface area contributed by atoms with Crippen molar-refractivity contribution in [3.05, 3.63) is 0 Å². The molecular weight excluding hydrogens is 296 g/mol. The molecule has 0 spiro atoms. The molecule has 0 aromatic heterocycles. The second-order valence-electron chi connectivity index (χ2n) is 7.64. The molecule has 0 aromatic carbocycles. The first-order valence-electron chi connectivity index (χ1n) is 8.60. The zero-order valence-corrected chi connectivity index (χ0v) is 17.2. The first-order chi connectivity index (χ1) is 9.67. The fourth-order valence-electron chi connectivity index (χ4n) is 2.06. The molecule has 0 unspecified atom stereocenters. The van der Waals surface area contributed by atoms with E-state index in [2.05, 4.69) is 76.7 Å². The number of nitrogens with one attached hydrogen (secondary N) is 4. The van der Waals surface area contributed by atoms with Gasteiger partial charge in [0.15, 0.2) is 0 Å². The maximum atomic E-state index is 3.72. The van der Waals surface area contributed by atoms with Crippen LogP contribution < -0.4 is 21.3 Å². The van der Waals surface area contributed by atoms with E-state index in [0.717, 1.165) is 0 Å². The van der Waals surface area contributed by atoms with Gasteiger partial charge in [-0.3, -0.25) is 0 Å². The van der Waals surface area contributed by atoms with Crippen LogP contribution >= 0.6 is 0 Å². The number of hydrogen-bond acceptors (Lipinski definition) is 4. The Hall–Kier alpha value is 0.554. The molecule has 4 nitrogen and oxygen atoms in total. The summed E-state index contributed by atoms with van der Waals surface area (Å²) in [5.74, 6) is 0. The Morgan fingerprint density at radius 1 is 0.476 bits per heavy atom. The van der Waals surface area contributed by atoms with Gasteiger partial charge in [-0.15, -0.1) is 0 Å². The Balaban J connectivity index is 4.85. The first kappa shape index (κ1) is 21.6. The van der Waals surface area contributed by atoms with E-state index < -0.39 is 16.6 Å². The van der Waals surface area contributed by atoms with E-state index in [4.69, 9.17) is 0 Å². The van der Waals surface area contributed by atoms with Crippen molar-refractivity contribution in [2.45, 2.75) is 79.6 Å². The molecule has 0 aromatic rings. The average molecular weight is 336 g/mol. The summed E-state index contributed by atoms with van der Waals surface area (Å²) in [4.78, 5) is 4.82. The van der Waals surface area contributed by atoms with Crippen LogP contribution in [0, 0.1) is 0 Å². The van der Waals surface area contributed by atoms with Crippen LogP contribution in [0.1, 0.15) is 55.4 Å². The van der Waals surface area contributed by atoms with E-state index in [-0.39, 0.29) is 0 Å². The van der Waals surface area contributed by atoms with Gasteiger partial charge in [-0.05, 0) is 0 Å². The topological polar surface area (TPSA) is 48.1 Å². The summed E-state index contributed by atoms with van der Waals surface area (Å²) in [7, 11) is 0. The SMILES string of the molecule is CC(C)N[CH2][Ti]([CH2]NC(C)C)([CH2]NC(C)C)[CH2]NC(C)C. The predicted octanol–water partition coefficient (Wildman–Crippen LogP) is 1.96. The molecule has 21 heavy (non-hydrogen) atoms. The van der Waals surface area contributed by atoms with Gasteiger partial charge in [-0.1, -0.05) is 0 Å². The maximum absolute atomic E-state index is 3.72. The van der Waals surface area contributed by atoms with Crippen LogP contribution in [0.4, 0.5) is 0 Å². The van der Waals surface area contributed by atoms with Crippen LogP contribution in [0.15, 0.2) is 0 Å². The van der Waals surface area contributed by atoms with Crippen molar-refractivity contribution in [1.29, 1.82) is 0 Å². The molecule has 0 atom stereocenters. The molecule has 0 rings (SSSR count). The average Bonchev–Trinajstić information content (AvgIpc) is 2.36. The van der Waals surface area contributed by atoms with Gasteiger partial charge in [0.1, 0.15) is 0 Å². The van der Waals surface area contributed by atoms with Gasteiger partial charge in [-0.25, -0.2) is 0 Å². The van der Waals surface area contributed by atoms with Crippen LogP contribution in [-0.2, 0) is 16.6 Å². The molecule has 128 valence electrons. The predicted molar refractivity (Wildman–Crippen MR) is 92.6 cm³/mol. The quantitative estimate of drug-likeness (QED) is 0.412. The molecule has 0 radical (unpaired) electrons. The van der Waals surface area contributed by atoms with Crippen molar-refractivity contribution in [3.63, 3.8) is 0 Å².